The van der Waals surface area contributed by atoms with E-state index in [1.165, 1.54) is 19.3 Å². The van der Waals surface area contributed by atoms with E-state index in [2.05, 4.69) is 14.8 Å². The van der Waals surface area contributed by atoms with Gasteiger partial charge in [-0.1, -0.05) is 25.5 Å². The first kappa shape index (κ1) is 23.9. The third-order valence-electron chi connectivity index (χ3n) is 6.20. The Bertz CT molecular complexity index is 993. The predicted molar refractivity (Wildman–Crippen MR) is 126 cm³/mol. The Morgan fingerprint density at radius 1 is 1.09 bits per heavy atom. The minimum Gasteiger partial charge on any atom is -0.493 e. The minimum absolute atomic E-state index is 0.233. The van der Waals surface area contributed by atoms with Crippen LogP contribution in [0.1, 0.15) is 53.5 Å². The van der Waals surface area contributed by atoms with Crippen molar-refractivity contribution in [3.05, 3.63) is 57.0 Å². The van der Waals surface area contributed by atoms with Crippen LogP contribution in [0.5, 0.6) is 11.5 Å². The number of aryl methyl sites for hydroxylation is 1. The quantitative estimate of drug-likeness (QED) is 0.647. The van der Waals surface area contributed by atoms with Gasteiger partial charge in [0.2, 0.25) is 0 Å². The van der Waals surface area contributed by atoms with Gasteiger partial charge in [0.05, 0.1) is 14.2 Å². The van der Waals surface area contributed by atoms with Crippen LogP contribution in [0, 0.1) is 6.92 Å². The molecule has 1 aromatic carbocycles. The first-order valence-corrected chi connectivity index (χ1v) is 11.4. The van der Waals surface area contributed by atoms with Gasteiger partial charge < -0.3 is 24.3 Å². The molecule has 0 saturated carbocycles. The molecule has 2 aromatic rings. The topological polar surface area (TPSA) is 72.8 Å². The molecule has 2 heterocycles. The second-order valence-corrected chi connectivity index (χ2v) is 8.21. The number of nitrogens with zero attached hydrogens (tertiary/aromatic N) is 2. The van der Waals surface area contributed by atoms with E-state index < -0.39 is 0 Å². The van der Waals surface area contributed by atoms with Crippen molar-refractivity contribution in [1.82, 2.24) is 14.8 Å². The van der Waals surface area contributed by atoms with E-state index in [1.807, 2.05) is 26.0 Å². The maximum atomic E-state index is 13.1. The fourth-order valence-electron chi connectivity index (χ4n) is 4.53. The molecule has 3 rings (SSSR count). The lowest BCUT2D eigenvalue weighted by atomic mass is 10.1. The van der Waals surface area contributed by atoms with Crippen molar-refractivity contribution >= 4 is 5.91 Å². The number of para-hydroxylation sites is 1. The van der Waals surface area contributed by atoms with Gasteiger partial charge in [-0.25, -0.2) is 0 Å². The number of nitrogens with one attached hydrogen (secondary N) is 1. The van der Waals surface area contributed by atoms with Crippen LogP contribution in [-0.4, -0.2) is 49.2 Å². The van der Waals surface area contributed by atoms with E-state index in [0.717, 1.165) is 43.1 Å². The Morgan fingerprint density at radius 3 is 2.50 bits per heavy atom. The molecule has 0 spiro atoms. The van der Waals surface area contributed by atoms with Gasteiger partial charge in [0.15, 0.2) is 16.9 Å². The van der Waals surface area contributed by atoms with Crippen molar-refractivity contribution in [3.63, 3.8) is 0 Å². The molecule has 1 amide bonds. The predicted octanol–water partition coefficient (Wildman–Crippen LogP) is 3.15. The molecule has 0 bridgehead atoms. The van der Waals surface area contributed by atoms with Crippen molar-refractivity contribution in [2.75, 3.05) is 33.9 Å². The number of ether oxygens (including phenoxy) is 2. The molecular formula is C25H35N3O4. The lowest BCUT2D eigenvalue weighted by molar-refractivity contribution is 0.0947. The van der Waals surface area contributed by atoms with Gasteiger partial charge in [-0.15, -0.1) is 0 Å². The summed E-state index contributed by atoms with van der Waals surface area (Å²) in [5.41, 5.74) is 2.48. The van der Waals surface area contributed by atoms with Gasteiger partial charge in [0.25, 0.3) is 5.91 Å². The number of benzene rings is 1. The van der Waals surface area contributed by atoms with Crippen molar-refractivity contribution < 1.29 is 14.3 Å². The van der Waals surface area contributed by atoms with Gasteiger partial charge in [0.1, 0.15) is 5.56 Å². The van der Waals surface area contributed by atoms with E-state index >= 15 is 0 Å². The number of methoxy groups -OCH3 is 2. The summed E-state index contributed by atoms with van der Waals surface area (Å²) in [5.74, 6) is 0.821. The summed E-state index contributed by atoms with van der Waals surface area (Å²) in [6, 6.07) is 7.10. The van der Waals surface area contributed by atoms with Crippen LogP contribution in [0.25, 0.3) is 0 Å². The number of carbonyl (C=O) groups is 1. The molecule has 0 atom stereocenters. The number of aromatic nitrogens is 1. The largest absolute Gasteiger partial charge is 0.493 e. The van der Waals surface area contributed by atoms with Crippen molar-refractivity contribution in [3.8, 4) is 11.5 Å². The molecule has 1 aromatic heterocycles. The number of likely N-dealkylation sites (tertiary alicyclic amines) is 1. The summed E-state index contributed by atoms with van der Waals surface area (Å²) >= 11 is 0. The molecular weight excluding hydrogens is 406 g/mol. The van der Waals surface area contributed by atoms with Gasteiger partial charge in [-0.2, -0.15) is 0 Å². The monoisotopic (exact) mass is 441 g/mol. The van der Waals surface area contributed by atoms with E-state index in [9.17, 15) is 9.59 Å². The van der Waals surface area contributed by atoms with E-state index in [-0.39, 0.29) is 23.4 Å². The highest BCUT2D eigenvalue weighted by atomic mass is 16.5. The van der Waals surface area contributed by atoms with Gasteiger partial charge in [-0.3, -0.25) is 9.59 Å². The summed E-state index contributed by atoms with van der Waals surface area (Å²) in [5, 5.41) is 2.91. The third kappa shape index (κ3) is 5.33. The van der Waals surface area contributed by atoms with Crippen LogP contribution < -0.4 is 20.2 Å². The van der Waals surface area contributed by atoms with Crippen molar-refractivity contribution in [2.24, 2.45) is 0 Å². The van der Waals surface area contributed by atoms with E-state index in [1.54, 1.807) is 26.4 Å². The Labute approximate surface area is 190 Å². The van der Waals surface area contributed by atoms with Crippen LogP contribution in [-0.2, 0) is 19.5 Å². The van der Waals surface area contributed by atoms with Crippen molar-refractivity contribution in [1.29, 1.82) is 0 Å². The standard InChI is InChI=1S/C25H35N3O4/c1-5-20-23(25(30)26-17-19-10-9-11-22(31-3)24(19)32-4)21(29)16-18(2)28(20)15-14-27-12-7-6-8-13-27/h9-11,16H,5-8,12-15,17H2,1-4H3,(H,26,30). The average Bonchev–Trinajstić information content (AvgIpc) is 2.81. The maximum absolute atomic E-state index is 13.1. The fourth-order valence-corrected chi connectivity index (χ4v) is 4.53. The van der Waals surface area contributed by atoms with Crippen LogP contribution in [0.3, 0.4) is 0 Å². The molecule has 1 saturated heterocycles. The molecule has 0 aliphatic carbocycles. The number of piperidine rings is 1. The molecule has 1 fully saturated rings. The lowest BCUT2D eigenvalue weighted by Crippen LogP contribution is -2.36. The molecule has 1 N–H and O–H groups in total. The number of carbonyl (C=O) groups excluding carboxylic acids is 1. The highest BCUT2D eigenvalue weighted by Crippen LogP contribution is 2.30. The lowest BCUT2D eigenvalue weighted by Gasteiger charge is -2.28. The Kier molecular flexibility index (Phi) is 8.33. The smallest absolute Gasteiger partial charge is 0.257 e. The van der Waals surface area contributed by atoms with E-state index in [0.29, 0.717) is 17.9 Å². The number of rotatable bonds is 9. The molecule has 7 heteroatoms. The van der Waals surface area contributed by atoms with E-state index in [4.69, 9.17) is 9.47 Å². The minimum atomic E-state index is -0.358. The SMILES string of the molecule is CCc1c(C(=O)NCc2cccc(OC)c2OC)c(=O)cc(C)n1CCN1CCCCC1. The second-order valence-electron chi connectivity index (χ2n) is 8.21. The number of hydrogen-bond donors (Lipinski definition) is 1. The first-order chi connectivity index (χ1) is 15.5. The van der Waals surface area contributed by atoms with Crippen LogP contribution >= 0.6 is 0 Å². The number of pyridine rings is 1. The van der Waals surface area contributed by atoms with Gasteiger partial charge in [0, 0.05) is 42.7 Å². The first-order valence-electron chi connectivity index (χ1n) is 11.4. The zero-order chi connectivity index (χ0) is 23.1. The Morgan fingerprint density at radius 2 is 1.84 bits per heavy atom. The highest BCUT2D eigenvalue weighted by Gasteiger charge is 2.20. The summed E-state index contributed by atoms with van der Waals surface area (Å²) in [6.45, 7) is 8.13. The summed E-state index contributed by atoms with van der Waals surface area (Å²) in [6.07, 6.45) is 4.40. The molecule has 0 radical (unpaired) electrons. The zero-order valence-corrected chi connectivity index (χ0v) is 19.7. The van der Waals surface area contributed by atoms with Gasteiger partial charge in [-0.05, 0) is 45.3 Å². The third-order valence-corrected chi connectivity index (χ3v) is 6.20. The molecule has 1 aliphatic rings. The van der Waals surface area contributed by atoms with Crippen molar-refractivity contribution in [2.45, 2.75) is 52.6 Å². The molecule has 174 valence electrons. The number of amides is 1. The highest BCUT2D eigenvalue weighted by molar-refractivity contribution is 5.95. The number of hydrogen-bond acceptors (Lipinski definition) is 5. The molecule has 1 aliphatic heterocycles. The summed E-state index contributed by atoms with van der Waals surface area (Å²) < 4.78 is 12.9. The second kappa shape index (κ2) is 11.2. The van der Waals surface area contributed by atoms with Gasteiger partial charge >= 0.3 is 0 Å². The Balaban J connectivity index is 1.82. The average molecular weight is 442 g/mol. The fraction of sp³-hybridized carbons (Fsp3) is 0.520. The van der Waals surface area contributed by atoms with Crippen LogP contribution in [0.15, 0.2) is 29.1 Å². The maximum Gasteiger partial charge on any atom is 0.257 e. The molecule has 32 heavy (non-hydrogen) atoms. The summed E-state index contributed by atoms with van der Waals surface area (Å²) in [7, 11) is 3.14. The molecule has 7 nitrogen and oxygen atoms in total. The normalized spacial score (nSPS) is 14.2. The Hall–Kier alpha value is -2.80. The van der Waals surface area contributed by atoms with Crippen LogP contribution in [0.2, 0.25) is 0 Å². The van der Waals surface area contributed by atoms with Crippen LogP contribution in [0.4, 0.5) is 0 Å². The zero-order valence-electron chi connectivity index (χ0n) is 19.7. The molecule has 0 unspecified atom stereocenters. The summed E-state index contributed by atoms with van der Waals surface area (Å²) in [4.78, 5) is 28.4.